The highest BCUT2D eigenvalue weighted by molar-refractivity contribution is 6.22. The van der Waals surface area contributed by atoms with E-state index in [1.165, 1.54) is 0 Å². The van der Waals surface area contributed by atoms with Crippen LogP contribution in [0.3, 0.4) is 0 Å². The molecule has 20 heavy (non-hydrogen) atoms. The third-order valence-electron chi connectivity index (χ3n) is 2.95. The lowest BCUT2D eigenvalue weighted by Gasteiger charge is -2.13. The maximum atomic E-state index is 6.50. The molecule has 0 aliphatic carbocycles. The molecule has 0 fully saturated rings. The minimum Gasteiger partial charge on any atom is -0.497 e. The Morgan fingerprint density at radius 2 is 1.25 bits per heavy atom. The Balaban J connectivity index is 2.13. The Labute approximate surface area is 125 Å². The first-order valence-electron chi connectivity index (χ1n) is 6.65. The molecule has 1 unspecified atom stereocenters. The summed E-state index contributed by atoms with van der Waals surface area (Å²) in [6.45, 7) is 4.02. The van der Waals surface area contributed by atoms with Crippen LogP contribution in [0.5, 0.6) is 11.5 Å². The van der Waals surface area contributed by atoms with Gasteiger partial charge < -0.3 is 9.47 Å². The van der Waals surface area contributed by atoms with Crippen molar-refractivity contribution >= 4 is 11.6 Å². The van der Waals surface area contributed by atoms with Gasteiger partial charge in [0.05, 0.1) is 18.6 Å². The summed E-state index contributed by atoms with van der Waals surface area (Å²) in [4.78, 5) is 0. The van der Waals surface area contributed by atoms with E-state index in [-0.39, 0.29) is 11.5 Å². The number of halogens is 1. The summed E-state index contributed by atoms with van der Waals surface area (Å²) >= 11 is 6.50. The molecule has 2 rings (SSSR count). The number of ether oxygens (including phenoxy) is 2. The number of alkyl halides is 1. The van der Waals surface area contributed by atoms with Crippen molar-refractivity contribution in [2.24, 2.45) is 0 Å². The molecule has 2 aromatic rings. The first-order valence-corrected chi connectivity index (χ1v) is 7.08. The van der Waals surface area contributed by atoms with E-state index in [2.05, 4.69) is 0 Å². The van der Waals surface area contributed by atoms with Gasteiger partial charge >= 0.3 is 0 Å². The van der Waals surface area contributed by atoms with E-state index in [9.17, 15) is 0 Å². The molecule has 0 aromatic heterocycles. The largest absolute Gasteiger partial charge is 0.497 e. The highest BCUT2D eigenvalue weighted by Crippen LogP contribution is 2.31. The number of methoxy groups -OCH3 is 1. The SMILES string of the molecule is COc1ccc(C(Cl)c2ccc(OC(C)C)cc2)cc1. The molecule has 1 atom stereocenters. The molecule has 0 radical (unpaired) electrons. The van der Waals surface area contributed by atoms with Crippen molar-refractivity contribution in [1.29, 1.82) is 0 Å². The van der Waals surface area contributed by atoms with Crippen molar-refractivity contribution in [1.82, 2.24) is 0 Å². The molecule has 0 amide bonds. The van der Waals surface area contributed by atoms with Crippen molar-refractivity contribution < 1.29 is 9.47 Å². The Kier molecular flexibility index (Phi) is 4.91. The van der Waals surface area contributed by atoms with Crippen LogP contribution >= 0.6 is 11.6 Å². The average molecular weight is 291 g/mol. The van der Waals surface area contributed by atoms with Gasteiger partial charge in [0.1, 0.15) is 11.5 Å². The van der Waals surface area contributed by atoms with Crippen LogP contribution in [-0.2, 0) is 0 Å². The number of hydrogen-bond acceptors (Lipinski definition) is 2. The molecule has 2 aromatic carbocycles. The zero-order valence-electron chi connectivity index (χ0n) is 12.0. The van der Waals surface area contributed by atoms with Gasteiger partial charge in [-0.05, 0) is 49.2 Å². The summed E-state index contributed by atoms with van der Waals surface area (Å²) in [7, 11) is 1.65. The van der Waals surface area contributed by atoms with E-state index in [0.717, 1.165) is 22.6 Å². The maximum absolute atomic E-state index is 6.50. The zero-order chi connectivity index (χ0) is 14.5. The third-order valence-corrected chi connectivity index (χ3v) is 3.46. The molecule has 106 valence electrons. The van der Waals surface area contributed by atoms with Gasteiger partial charge in [-0.2, -0.15) is 0 Å². The third kappa shape index (κ3) is 3.67. The molecule has 0 saturated heterocycles. The van der Waals surface area contributed by atoms with Crippen LogP contribution in [-0.4, -0.2) is 13.2 Å². The fourth-order valence-electron chi connectivity index (χ4n) is 1.95. The van der Waals surface area contributed by atoms with Crippen molar-refractivity contribution in [3.63, 3.8) is 0 Å². The lowest BCUT2D eigenvalue weighted by atomic mass is 10.0. The second kappa shape index (κ2) is 6.67. The first kappa shape index (κ1) is 14.7. The Morgan fingerprint density at radius 3 is 1.65 bits per heavy atom. The van der Waals surface area contributed by atoms with E-state index >= 15 is 0 Å². The average Bonchev–Trinajstić information content (AvgIpc) is 2.47. The Bertz CT molecular complexity index is 532. The summed E-state index contributed by atoms with van der Waals surface area (Å²) < 4.78 is 10.8. The van der Waals surface area contributed by atoms with E-state index in [4.69, 9.17) is 21.1 Å². The van der Waals surface area contributed by atoms with Crippen LogP contribution < -0.4 is 9.47 Å². The first-order chi connectivity index (χ1) is 9.60. The smallest absolute Gasteiger partial charge is 0.119 e. The lowest BCUT2D eigenvalue weighted by molar-refractivity contribution is 0.242. The molecule has 0 aliphatic heterocycles. The molecule has 0 saturated carbocycles. The number of rotatable bonds is 5. The zero-order valence-corrected chi connectivity index (χ0v) is 12.7. The summed E-state index contributed by atoms with van der Waals surface area (Å²) in [5, 5.41) is -0.172. The number of benzene rings is 2. The van der Waals surface area contributed by atoms with Gasteiger partial charge in [-0.25, -0.2) is 0 Å². The fraction of sp³-hybridized carbons (Fsp3) is 0.294. The summed E-state index contributed by atoms with van der Waals surface area (Å²) in [6.07, 6.45) is 0.175. The van der Waals surface area contributed by atoms with Gasteiger partial charge in [0.25, 0.3) is 0 Å². The standard InChI is InChI=1S/C17H19ClO2/c1-12(2)20-16-10-6-14(7-11-16)17(18)13-4-8-15(19-3)9-5-13/h4-12,17H,1-3H3. The predicted molar refractivity (Wildman–Crippen MR) is 82.9 cm³/mol. The summed E-state index contributed by atoms with van der Waals surface area (Å²) in [6, 6.07) is 15.7. The summed E-state index contributed by atoms with van der Waals surface area (Å²) in [5.41, 5.74) is 2.10. The van der Waals surface area contributed by atoms with Gasteiger partial charge in [0, 0.05) is 0 Å². The van der Waals surface area contributed by atoms with Gasteiger partial charge in [-0.1, -0.05) is 24.3 Å². The van der Waals surface area contributed by atoms with E-state index in [1.54, 1.807) is 7.11 Å². The van der Waals surface area contributed by atoms with E-state index in [1.807, 2.05) is 62.4 Å². The molecule has 0 aliphatic rings. The molecular formula is C17H19ClO2. The van der Waals surface area contributed by atoms with Crippen LogP contribution in [0.25, 0.3) is 0 Å². The highest BCUT2D eigenvalue weighted by Gasteiger charge is 2.11. The minimum atomic E-state index is -0.172. The highest BCUT2D eigenvalue weighted by atomic mass is 35.5. The van der Waals surface area contributed by atoms with Crippen LogP contribution in [0.15, 0.2) is 48.5 Å². The van der Waals surface area contributed by atoms with Gasteiger partial charge in [0.15, 0.2) is 0 Å². The van der Waals surface area contributed by atoms with Crippen molar-refractivity contribution in [2.45, 2.75) is 25.3 Å². The molecular weight excluding hydrogens is 272 g/mol. The van der Waals surface area contributed by atoms with Crippen molar-refractivity contribution in [3.05, 3.63) is 59.7 Å². The van der Waals surface area contributed by atoms with E-state index < -0.39 is 0 Å². The second-order valence-electron chi connectivity index (χ2n) is 4.87. The van der Waals surface area contributed by atoms with Crippen molar-refractivity contribution in [3.8, 4) is 11.5 Å². The van der Waals surface area contributed by atoms with Gasteiger partial charge in [0.2, 0.25) is 0 Å². The molecule has 0 spiro atoms. The minimum absolute atomic E-state index is 0.172. The van der Waals surface area contributed by atoms with Gasteiger partial charge in [-0.15, -0.1) is 11.6 Å². The number of hydrogen-bond donors (Lipinski definition) is 0. The quantitative estimate of drug-likeness (QED) is 0.736. The molecule has 0 bridgehead atoms. The monoisotopic (exact) mass is 290 g/mol. The van der Waals surface area contributed by atoms with E-state index in [0.29, 0.717) is 0 Å². The fourth-order valence-corrected chi connectivity index (χ4v) is 2.24. The topological polar surface area (TPSA) is 18.5 Å². The van der Waals surface area contributed by atoms with Crippen LogP contribution in [0.2, 0.25) is 0 Å². The molecule has 3 heteroatoms. The van der Waals surface area contributed by atoms with Crippen LogP contribution in [0, 0.1) is 0 Å². The van der Waals surface area contributed by atoms with Crippen LogP contribution in [0.1, 0.15) is 30.4 Å². The summed E-state index contributed by atoms with van der Waals surface area (Å²) in [5.74, 6) is 1.70. The molecule has 0 N–H and O–H groups in total. The second-order valence-corrected chi connectivity index (χ2v) is 5.31. The van der Waals surface area contributed by atoms with Crippen molar-refractivity contribution in [2.75, 3.05) is 7.11 Å². The Hall–Kier alpha value is -1.67. The Morgan fingerprint density at radius 1 is 0.800 bits per heavy atom. The molecule has 0 heterocycles. The molecule has 2 nitrogen and oxygen atoms in total. The lowest BCUT2D eigenvalue weighted by Crippen LogP contribution is -2.05. The van der Waals surface area contributed by atoms with Crippen LogP contribution in [0.4, 0.5) is 0 Å². The predicted octanol–water partition coefficient (Wildman–Crippen LogP) is 4.81. The maximum Gasteiger partial charge on any atom is 0.119 e. The normalized spacial score (nSPS) is 12.2. The van der Waals surface area contributed by atoms with Gasteiger partial charge in [-0.3, -0.25) is 0 Å².